The number of benzene rings is 2. The molecule has 3 N–H and O–H groups in total. The van der Waals surface area contributed by atoms with Gasteiger partial charge in [-0.3, -0.25) is 4.79 Å². The van der Waals surface area contributed by atoms with E-state index < -0.39 is 0 Å². The summed E-state index contributed by atoms with van der Waals surface area (Å²) in [6, 6.07) is 14.8. The molecule has 0 radical (unpaired) electrons. The van der Waals surface area contributed by atoms with Crippen molar-refractivity contribution in [3.63, 3.8) is 0 Å². The van der Waals surface area contributed by atoms with Crippen molar-refractivity contribution in [3.8, 4) is 0 Å². The Bertz CT molecular complexity index is 719. The minimum Gasteiger partial charge on any atom is -0.465 e. The van der Waals surface area contributed by atoms with E-state index in [9.17, 15) is 9.59 Å². The lowest BCUT2D eigenvalue weighted by Gasteiger charge is -2.19. The van der Waals surface area contributed by atoms with Crippen LogP contribution in [0.4, 0.5) is 5.69 Å². The van der Waals surface area contributed by atoms with Gasteiger partial charge in [0.25, 0.3) is 0 Å². The van der Waals surface area contributed by atoms with Gasteiger partial charge in [0.2, 0.25) is 5.91 Å². The predicted octanol–water partition coefficient (Wildman–Crippen LogP) is 2.12. The maximum atomic E-state index is 11.6. The van der Waals surface area contributed by atoms with Crippen LogP contribution < -0.4 is 10.6 Å². The highest BCUT2D eigenvalue weighted by molar-refractivity contribution is 6.30. The molecule has 24 heavy (non-hydrogen) atoms. The highest BCUT2D eigenvalue weighted by Gasteiger charge is 2.23. The van der Waals surface area contributed by atoms with Crippen molar-refractivity contribution in [2.75, 3.05) is 19.0 Å². The van der Waals surface area contributed by atoms with Crippen LogP contribution in [-0.4, -0.2) is 25.5 Å². The van der Waals surface area contributed by atoms with Gasteiger partial charge in [-0.1, -0.05) is 41.9 Å². The number of anilines is 1. The van der Waals surface area contributed by atoms with Crippen LogP contribution in [-0.2, 0) is 14.3 Å². The number of carbonyl (C=O) groups excluding carboxylic acids is 2. The maximum Gasteiger partial charge on any atom is 0.361 e. The molecule has 5 nitrogen and oxygen atoms in total. The summed E-state index contributed by atoms with van der Waals surface area (Å²) in [6.07, 6.45) is 0. The number of nitrogens with one attached hydrogen (secondary N) is 1. The van der Waals surface area contributed by atoms with Gasteiger partial charge in [-0.15, -0.1) is 0 Å². The number of nitrogens with two attached hydrogens (primary N) is 1. The van der Waals surface area contributed by atoms with Gasteiger partial charge >= 0.3 is 5.97 Å². The van der Waals surface area contributed by atoms with Crippen molar-refractivity contribution < 1.29 is 19.6 Å². The number of carbonyl (C=O) groups is 2. The normalized spacial score (nSPS) is 11.6. The SMILES string of the molecule is COC(=O)C[NH2+][C@@H](c1ccccc1)c1cc(Cl)ccc1NC(C)=O. The third-order valence-corrected chi connectivity index (χ3v) is 3.80. The molecule has 0 saturated carbocycles. The molecule has 1 amide bonds. The van der Waals surface area contributed by atoms with Crippen molar-refractivity contribution in [3.05, 3.63) is 64.7 Å². The highest BCUT2D eigenvalue weighted by atomic mass is 35.5. The predicted molar refractivity (Wildman–Crippen MR) is 92.8 cm³/mol. The molecule has 0 bridgehead atoms. The van der Waals surface area contributed by atoms with E-state index in [0.29, 0.717) is 10.7 Å². The quantitative estimate of drug-likeness (QED) is 0.786. The zero-order chi connectivity index (χ0) is 17.5. The molecular weight excluding hydrogens is 328 g/mol. The number of quaternary nitrogens is 1. The fraction of sp³-hybridized carbons (Fsp3) is 0.222. The number of hydrogen-bond acceptors (Lipinski definition) is 3. The highest BCUT2D eigenvalue weighted by Crippen LogP contribution is 2.28. The van der Waals surface area contributed by atoms with Gasteiger partial charge < -0.3 is 15.4 Å². The van der Waals surface area contributed by atoms with Crippen LogP contribution in [0.5, 0.6) is 0 Å². The van der Waals surface area contributed by atoms with E-state index in [0.717, 1.165) is 11.1 Å². The fourth-order valence-corrected chi connectivity index (χ4v) is 2.68. The third kappa shape index (κ3) is 4.81. The number of ether oxygens (including phenoxy) is 1. The summed E-state index contributed by atoms with van der Waals surface area (Å²) in [5.74, 6) is -0.489. The Balaban J connectivity index is 2.44. The summed E-state index contributed by atoms with van der Waals surface area (Å²) in [4.78, 5) is 23.1. The molecule has 6 heteroatoms. The Morgan fingerprint density at radius 2 is 1.92 bits per heavy atom. The zero-order valence-corrected chi connectivity index (χ0v) is 14.3. The number of halogens is 1. The molecule has 0 aliphatic heterocycles. The molecule has 0 heterocycles. The summed E-state index contributed by atoms with van der Waals surface area (Å²) < 4.78 is 4.72. The van der Waals surface area contributed by atoms with E-state index >= 15 is 0 Å². The summed E-state index contributed by atoms with van der Waals surface area (Å²) in [5, 5.41) is 5.24. The largest absolute Gasteiger partial charge is 0.465 e. The number of amides is 1. The van der Waals surface area contributed by atoms with Crippen LogP contribution >= 0.6 is 11.6 Å². The lowest BCUT2D eigenvalue weighted by Crippen LogP contribution is -2.87. The van der Waals surface area contributed by atoms with Crippen molar-refractivity contribution in [2.45, 2.75) is 13.0 Å². The lowest BCUT2D eigenvalue weighted by atomic mass is 9.97. The molecule has 2 aromatic rings. The van der Waals surface area contributed by atoms with Gasteiger partial charge in [-0.2, -0.15) is 0 Å². The molecule has 126 valence electrons. The average molecular weight is 348 g/mol. The third-order valence-electron chi connectivity index (χ3n) is 3.57. The second-order valence-electron chi connectivity index (χ2n) is 5.32. The molecule has 1 atom stereocenters. The molecule has 0 spiro atoms. The van der Waals surface area contributed by atoms with E-state index in [1.165, 1.54) is 14.0 Å². The van der Waals surface area contributed by atoms with Gasteiger partial charge in [0.05, 0.1) is 12.8 Å². The molecular formula is C18H20ClN2O3+. The lowest BCUT2D eigenvalue weighted by molar-refractivity contribution is -0.677. The summed E-state index contributed by atoms with van der Waals surface area (Å²) in [6.45, 7) is 1.61. The van der Waals surface area contributed by atoms with Gasteiger partial charge in [0.1, 0.15) is 6.04 Å². The van der Waals surface area contributed by atoms with Gasteiger partial charge in [0.15, 0.2) is 6.54 Å². The molecule has 0 unspecified atom stereocenters. The molecule has 0 aliphatic rings. The summed E-state index contributed by atoms with van der Waals surface area (Å²) in [7, 11) is 1.36. The molecule has 0 saturated heterocycles. The topological polar surface area (TPSA) is 72.0 Å². The monoisotopic (exact) mass is 347 g/mol. The fourth-order valence-electron chi connectivity index (χ4n) is 2.49. The average Bonchev–Trinajstić information content (AvgIpc) is 2.57. The Hall–Kier alpha value is -2.37. The van der Waals surface area contributed by atoms with Gasteiger partial charge in [-0.05, 0) is 18.2 Å². The van der Waals surface area contributed by atoms with E-state index in [1.54, 1.807) is 18.2 Å². The van der Waals surface area contributed by atoms with Crippen molar-refractivity contribution >= 4 is 29.2 Å². The van der Waals surface area contributed by atoms with Crippen LogP contribution in [0.25, 0.3) is 0 Å². The standard InChI is InChI=1S/C18H19ClN2O3/c1-12(22)21-16-9-8-14(19)10-15(16)18(20-11-17(23)24-2)13-6-4-3-5-7-13/h3-10,18,20H,11H2,1-2H3,(H,21,22)/p+1/t18-/m0/s1. The smallest absolute Gasteiger partial charge is 0.361 e. The van der Waals surface area contributed by atoms with E-state index in [-0.39, 0.29) is 24.5 Å². The number of hydrogen-bond donors (Lipinski definition) is 2. The minimum atomic E-state index is -0.320. The Kier molecular flexibility index (Phi) is 6.35. The first-order valence-electron chi connectivity index (χ1n) is 7.53. The van der Waals surface area contributed by atoms with Crippen molar-refractivity contribution in [2.24, 2.45) is 0 Å². The van der Waals surface area contributed by atoms with Crippen molar-refractivity contribution in [1.29, 1.82) is 0 Å². The number of esters is 1. The first kappa shape index (κ1) is 18.0. The zero-order valence-electron chi connectivity index (χ0n) is 13.6. The Morgan fingerprint density at radius 1 is 1.21 bits per heavy atom. The molecule has 0 aliphatic carbocycles. The maximum absolute atomic E-state index is 11.6. The van der Waals surface area contributed by atoms with Crippen LogP contribution in [0.15, 0.2) is 48.5 Å². The van der Waals surface area contributed by atoms with Gasteiger partial charge in [-0.25, -0.2) is 4.79 Å². The van der Waals surface area contributed by atoms with E-state index in [2.05, 4.69) is 5.32 Å². The minimum absolute atomic E-state index is 0.155. The number of rotatable bonds is 6. The van der Waals surface area contributed by atoms with Crippen LogP contribution in [0.1, 0.15) is 24.1 Å². The van der Waals surface area contributed by atoms with Gasteiger partial charge in [0, 0.05) is 23.1 Å². The summed E-state index contributed by atoms with van der Waals surface area (Å²) >= 11 is 6.16. The van der Waals surface area contributed by atoms with Crippen LogP contribution in [0, 0.1) is 0 Å². The molecule has 0 fully saturated rings. The second-order valence-corrected chi connectivity index (χ2v) is 5.75. The number of methoxy groups -OCH3 is 1. The Morgan fingerprint density at radius 3 is 2.54 bits per heavy atom. The Labute approximate surface area is 146 Å². The second kappa shape index (κ2) is 8.47. The summed E-state index contributed by atoms with van der Waals surface area (Å²) in [5.41, 5.74) is 2.49. The van der Waals surface area contributed by atoms with Crippen LogP contribution in [0.3, 0.4) is 0 Å². The molecule has 2 rings (SSSR count). The molecule has 2 aromatic carbocycles. The first-order chi connectivity index (χ1) is 11.5. The first-order valence-corrected chi connectivity index (χ1v) is 7.91. The van der Waals surface area contributed by atoms with Crippen LogP contribution in [0.2, 0.25) is 5.02 Å². The molecule has 0 aromatic heterocycles. The van der Waals surface area contributed by atoms with E-state index in [4.69, 9.17) is 16.3 Å². The van der Waals surface area contributed by atoms with Crippen molar-refractivity contribution in [1.82, 2.24) is 0 Å². The van der Waals surface area contributed by atoms with E-state index in [1.807, 2.05) is 35.6 Å².